The Labute approximate surface area is 82.2 Å². The molecule has 0 saturated carbocycles. The normalized spacial score (nSPS) is 18.5. The zero-order valence-electron chi connectivity index (χ0n) is 9.30. The highest BCUT2D eigenvalue weighted by Crippen LogP contribution is 2.35. The molecule has 0 saturated heterocycles. The Morgan fingerprint density at radius 3 is 2.38 bits per heavy atom. The summed E-state index contributed by atoms with van der Waals surface area (Å²) in [6.45, 7) is 11.9. The first-order chi connectivity index (χ1) is 5.98. The van der Waals surface area contributed by atoms with Crippen molar-refractivity contribution in [2.24, 2.45) is 5.41 Å². The van der Waals surface area contributed by atoms with Crippen molar-refractivity contribution in [1.29, 1.82) is 0 Å². The Balaban J connectivity index is 4.75. The van der Waals surface area contributed by atoms with Crippen LogP contribution in [0.15, 0.2) is 24.3 Å². The molecule has 0 radical (unpaired) electrons. The minimum absolute atomic E-state index is 0.111. The molecule has 2 unspecified atom stereocenters. The first kappa shape index (κ1) is 12.4. The van der Waals surface area contributed by atoms with Crippen LogP contribution in [0.1, 0.15) is 40.5 Å². The molecule has 1 nitrogen and oxygen atoms in total. The van der Waals surface area contributed by atoms with Gasteiger partial charge < -0.3 is 5.11 Å². The van der Waals surface area contributed by atoms with Gasteiger partial charge in [0.25, 0.3) is 0 Å². The summed E-state index contributed by atoms with van der Waals surface area (Å²) in [7, 11) is 0. The Morgan fingerprint density at radius 2 is 2.15 bits per heavy atom. The van der Waals surface area contributed by atoms with E-state index in [9.17, 15) is 5.11 Å². The Morgan fingerprint density at radius 1 is 1.62 bits per heavy atom. The zero-order chi connectivity index (χ0) is 10.5. The van der Waals surface area contributed by atoms with Gasteiger partial charge in [0.1, 0.15) is 0 Å². The van der Waals surface area contributed by atoms with Gasteiger partial charge in [-0.25, -0.2) is 0 Å². The van der Waals surface area contributed by atoms with Crippen molar-refractivity contribution >= 4 is 0 Å². The van der Waals surface area contributed by atoms with Gasteiger partial charge in [-0.3, -0.25) is 0 Å². The minimum Gasteiger partial charge on any atom is -0.393 e. The predicted molar refractivity (Wildman–Crippen MR) is 58.6 cm³/mol. The molecule has 13 heavy (non-hydrogen) atoms. The van der Waals surface area contributed by atoms with Crippen LogP contribution in [0.25, 0.3) is 0 Å². The van der Waals surface area contributed by atoms with E-state index in [0.29, 0.717) is 0 Å². The standard InChI is InChI=1S/C12H22O/c1-6-8-12(7-2,11(5)13)9-10(3)4/h6,8,11,13H,3,7,9H2,1-2,4-5H3. The van der Waals surface area contributed by atoms with Gasteiger partial charge >= 0.3 is 0 Å². The number of hydrogen-bond acceptors (Lipinski definition) is 1. The molecule has 0 aromatic rings. The molecule has 0 fully saturated rings. The van der Waals surface area contributed by atoms with Gasteiger partial charge in [-0.15, -0.1) is 6.58 Å². The summed E-state index contributed by atoms with van der Waals surface area (Å²) < 4.78 is 0. The summed E-state index contributed by atoms with van der Waals surface area (Å²) in [5.41, 5.74) is 1.02. The highest BCUT2D eigenvalue weighted by atomic mass is 16.3. The fourth-order valence-electron chi connectivity index (χ4n) is 1.78. The van der Waals surface area contributed by atoms with Crippen molar-refractivity contribution in [3.8, 4) is 0 Å². The van der Waals surface area contributed by atoms with Crippen molar-refractivity contribution in [2.45, 2.75) is 46.6 Å². The van der Waals surface area contributed by atoms with Crippen LogP contribution in [0.2, 0.25) is 0 Å². The topological polar surface area (TPSA) is 20.2 Å². The lowest BCUT2D eigenvalue weighted by atomic mass is 9.75. The monoisotopic (exact) mass is 182 g/mol. The fraction of sp³-hybridized carbons (Fsp3) is 0.667. The molecule has 2 atom stereocenters. The third kappa shape index (κ3) is 3.35. The second-order valence-electron chi connectivity index (χ2n) is 3.90. The van der Waals surface area contributed by atoms with Crippen molar-refractivity contribution in [1.82, 2.24) is 0 Å². The molecule has 0 spiro atoms. The molecule has 1 heteroatoms. The smallest absolute Gasteiger partial charge is 0.0605 e. The number of aliphatic hydroxyl groups excluding tert-OH is 1. The van der Waals surface area contributed by atoms with Gasteiger partial charge in [-0.2, -0.15) is 0 Å². The average Bonchev–Trinajstić information content (AvgIpc) is 2.02. The molecule has 0 heterocycles. The molecule has 0 bridgehead atoms. The first-order valence-electron chi connectivity index (χ1n) is 4.94. The van der Waals surface area contributed by atoms with Gasteiger partial charge in [-0.05, 0) is 33.6 Å². The largest absolute Gasteiger partial charge is 0.393 e. The number of rotatable bonds is 5. The molecule has 0 aromatic carbocycles. The summed E-state index contributed by atoms with van der Waals surface area (Å²) in [5.74, 6) is 0. The number of hydrogen-bond donors (Lipinski definition) is 1. The van der Waals surface area contributed by atoms with Crippen LogP contribution in [-0.4, -0.2) is 11.2 Å². The van der Waals surface area contributed by atoms with E-state index in [2.05, 4.69) is 19.6 Å². The third-order valence-corrected chi connectivity index (χ3v) is 2.62. The molecule has 0 rings (SSSR count). The van der Waals surface area contributed by atoms with E-state index in [0.717, 1.165) is 18.4 Å². The van der Waals surface area contributed by atoms with Crippen LogP contribution in [0, 0.1) is 5.41 Å². The van der Waals surface area contributed by atoms with E-state index in [4.69, 9.17) is 0 Å². The van der Waals surface area contributed by atoms with E-state index in [1.807, 2.05) is 26.8 Å². The van der Waals surface area contributed by atoms with Crippen LogP contribution in [-0.2, 0) is 0 Å². The van der Waals surface area contributed by atoms with Gasteiger partial charge in [0.05, 0.1) is 6.10 Å². The molecule has 0 aromatic heterocycles. The van der Waals surface area contributed by atoms with Gasteiger partial charge in [0.15, 0.2) is 0 Å². The summed E-state index contributed by atoms with van der Waals surface area (Å²) in [6, 6.07) is 0. The van der Waals surface area contributed by atoms with Crippen LogP contribution in [0.5, 0.6) is 0 Å². The third-order valence-electron chi connectivity index (χ3n) is 2.62. The molecule has 1 N–H and O–H groups in total. The number of aliphatic hydroxyl groups is 1. The quantitative estimate of drug-likeness (QED) is 0.647. The molecule has 0 aliphatic heterocycles. The molecular formula is C12H22O. The van der Waals surface area contributed by atoms with Crippen LogP contribution in [0.3, 0.4) is 0 Å². The van der Waals surface area contributed by atoms with Crippen LogP contribution < -0.4 is 0 Å². The average molecular weight is 182 g/mol. The highest BCUT2D eigenvalue weighted by Gasteiger charge is 2.30. The fourth-order valence-corrected chi connectivity index (χ4v) is 1.78. The van der Waals surface area contributed by atoms with Crippen molar-refractivity contribution in [3.63, 3.8) is 0 Å². The Kier molecular flexibility index (Phi) is 5.01. The summed E-state index contributed by atoms with van der Waals surface area (Å²) in [5, 5.41) is 9.75. The molecule has 0 aliphatic rings. The van der Waals surface area contributed by atoms with Gasteiger partial charge in [-0.1, -0.05) is 24.6 Å². The zero-order valence-corrected chi connectivity index (χ0v) is 9.30. The highest BCUT2D eigenvalue weighted by molar-refractivity contribution is 5.08. The Hall–Kier alpha value is -0.560. The van der Waals surface area contributed by atoms with Crippen molar-refractivity contribution in [2.75, 3.05) is 0 Å². The first-order valence-corrected chi connectivity index (χ1v) is 4.94. The molecule has 0 amide bonds. The lowest BCUT2D eigenvalue weighted by Crippen LogP contribution is -2.30. The summed E-state index contributed by atoms with van der Waals surface area (Å²) in [6.07, 6.45) is 5.61. The van der Waals surface area contributed by atoms with Gasteiger partial charge in [0.2, 0.25) is 0 Å². The lowest BCUT2D eigenvalue weighted by molar-refractivity contribution is 0.0712. The SMILES string of the molecule is C=C(C)CC(C=CC)(CC)C(C)O. The van der Waals surface area contributed by atoms with E-state index < -0.39 is 0 Å². The molecule has 76 valence electrons. The molecule has 0 aliphatic carbocycles. The van der Waals surface area contributed by atoms with E-state index >= 15 is 0 Å². The van der Waals surface area contributed by atoms with Crippen molar-refractivity contribution < 1.29 is 5.11 Å². The molecular weight excluding hydrogens is 160 g/mol. The minimum atomic E-state index is -0.314. The van der Waals surface area contributed by atoms with Crippen molar-refractivity contribution in [3.05, 3.63) is 24.3 Å². The maximum atomic E-state index is 9.75. The van der Waals surface area contributed by atoms with E-state index in [1.54, 1.807) is 0 Å². The van der Waals surface area contributed by atoms with Crippen LogP contribution in [0.4, 0.5) is 0 Å². The van der Waals surface area contributed by atoms with E-state index in [-0.39, 0.29) is 11.5 Å². The summed E-state index contributed by atoms with van der Waals surface area (Å²) >= 11 is 0. The maximum absolute atomic E-state index is 9.75. The second kappa shape index (κ2) is 5.23. The van der Waals surface area contributed by atoms with Crippen LogP contribution >= 0.6 is 0 Å². The Bertz CT molecular complexity index is 191. The maximum Gasteiger partial charge on any atom is 0.0605 e. The van der Waals surface area contributed by atoms with Gasteiger partial charge in [0, 0.05) is 5.41 Å². The second-order valence-corrected chi connectivity index (χ2v) is 3.90. The number of allylic oxidation sites excluding steroid dienone is 2. The summed E-state index contributed by atoms with van der Waals surface area (Å²) in [4.78, 5) is 0. The lowest BCUT2D eigenvalue weighted by Gasteiger charge is -2.33. The predicted octanol–water partition coefficient (Wildman–Crippen LogP) is 3.31. The van der Waals surface area contributed by atoms with E-state index in [1.165, 1.54) is 0 Å².